The highest BCUT2D eigenvalue weighted by molar-refractivity contribution is 6.26. The lowest BCUT2D eigenvalue weighted by atomic mass is 10.9. The van der Waals surface area contributed by atoms with Crippen LogP contribution in [0.2, 0.25) is 0 Å². The molecule has 0 N–H and O–H groups in total. The lowest BCUT2D eigenvalue weighted by Crippen LogP contribution is -1.83. The molecule has 0 rings (SSSR count). The van der Waals surface area contributed by atoms with Crippen LogP contribution in [0.5, 0.6) is 0 Å². The molecule has 0 aliphatic heterocycles. The zero-order valence-corrected chi connectivity index (χ0v) is 3.13. The van der Waals surface area contributed by atoms with Crippen LogP contribution >= 0.6 is 11.6 Å². The summed E-state index contributed by atoms with van der Waals surface area (Å²) < 4.78 is 10.7. The molecule has 0 atom stereocenters. The largest absolute Gasteiger partial charge is 0.316 e. The van der Waals surface area contributed by atoms with Gasteiger partial charge < -0.3 is 0 Å². The van der Waals surface area contributed by atoms with Crippen molar-refractivity contribution < 1.29 is 9.18 Å². The van der Waals surface area contributed by atoms with E-state index in [4.69, 9.17) is 4.79 Å². The third-order valence-corrected chi connectivity index (χ3v) is 0.315. The number of carbonyl (C=O) groups is 1. The van der Waals surface area contributed by atoms with Gasteiger partial charge in [0, 0.05) is 0 Å². The first kappa shape index (κ1) is 4.89. The number of rotatable bonds is 1. The average molecular weight is 96.5 g/mol. The number of hydrogen-bond donors (Lipinski definition) is 0. The van der Waals surface area contributed by atoms with E-state index < -0.39 is 11.9 Å². The van der Waals surface area contributed by atoms with Crippen LogP contribution in [0.4, 0.5) is 4.39 Å². The van der Waals surface area contributed by atoms with Gasteiger partial charge in [-0.05, 0) is 0 Å². The quantitative estimate of drug-likeness (QED) is 0.347. The summed E-state index contributed by atoms with van der Waals surface area (Å²) >= 11 is 4.61. The van der Waals surface area contributed by atoms with Crippen molar-refractivity contribution >= 4 is 17.6 Å². The van der Waals surface area contributed by atoms with Crippen LogP contribution in [0.3, 0.4) is 0 Å². The SMILES string of the molecule is O=C(F)CCl. The highest BCUT2D eigenvalue weighted by atomic mass is 35.5. The van der Waals surface area contributed by atoms with Crippen molar-refractivity contribution in [3.8, 4) is 0 Å². The first-order valence-corrected chi connectivity index (χ1v) is 1.55. The van der Waals surface area contributed by atoms with Crippen LogP contribution in [0.15, 0.2) is 0 Å². The van der Waals surface area contributed by atoms with Crippen LogP contribution in [0.1, 0.15) is 0 Å². The lowest BCUT2D eigenvalue weighted by molar-refractivity contribution is -0.126. The summed E-state index contributed by atoms with van der Waals surface area (Å²) in [6.07, 6.45) is 0. The smallest absolute Gasteiger partial charge is 0.260 e. The molecular formula is C2H2ClFO. The Morgan fingerprint density at radius 2 is 2.20 bits per heavy atom. The highest BCUT2D eigenvalue weighted by Crippen LogP contribution is 1.75. The van der Waals surface area contributed by atoms with E-state index in [1.165, 1.54) is 0 Å². The van der Waals surface area contributed by atoms with Crippen LogP contribution < -0.4 is 0 Å². The minimum atomic E-state index is -1.48. The fourth-order valence-corrected chi connectivity index (χ4v) is 0. The summed E-state index contributed by atoms with van der Waals surface area (Å²) in [6, 6.07) is -1.48. The maximum Gasteiger partial charge on any atom is 0.316 e. The molecule has 0 saturated heterocycles. The van der Waals surface area contributed by atoms with Gasteiger partial charge in [0.25, 0.3) is 0 Å². The van der Waals surface area contributed by atoms with Gasteiger partial charge in [0.1, 0.15) is 5.88 Å². The van der Waals surface area contributed by atoms with Gasteiger partial charge in [-0.3, -0.25) is 4.79 Å². The average Bonchev–Trinajstić information content (AvgIpc) is 1.38. The van der Waals surface area contributed by atoms with Gasteiger partial charge in [-0.1, -0.05) is 0 Å². The summed E-state index contributed by atoms with van der Waals surface area (Å²) in [5.74, 6) is -0.528. The van der Waals surface area contributed by atoms with Crippen LogP contribution in [0, 0.1) is 0 Å². The topological polar surface area (TPSA) is 17.1 Å². The maximum atomic E-state index is 10.7. The molecule has 0 unspecified atom stereocenters. The van der Waals surface area contributed by atoms with Gasteiger partial charge in [-0.2, -0.15) is 4.39 Å². The van der Waals surface area contributed by atoms with E-state index in [2.05, 4.69) is 11.6 Å². The molecule has 30 valence electrons. The molecule has 0 aliphatic rings. The molecule has 0 spiro atoms. The van der Waals surface area contributed by atoms with Crippen molar-refractivity contribution in [2.24, 2.45) is 0 Å². The second-order valence-corrected chi connectivity index (χ2v) is 0.756. The minimum Gasteiger partial charge on any atom is -0.260 e. The first-order valence-electron chi connectivity index (χ1n) is 1.01. The standard InChI is InChI=1S/C2H2ClFO/c3-1-2(4)5/h1H2. The number of carbonyl (C=O) groups excluding carboxylic acids is 1. The Balaban J connectivity index is 2.85. The molecule has 0 aliphatic carbocycles. The molecule has 0 radical (unpaired) electrons. The van der Waals surface area contributed by atoms with Crippen molar-refractivity contribution in [3.05, 3.63) is 0 Å². The molecule has 1 nitrogen and oxygen atoms in total. The van der Waals surface area contributed by atoms with E-state index in [1.807, 2.05) is 0 Å². The summed E-state index contributed by atoms with van der Waals surface area (Å²) in [5, 5.41) is 0. The number of alkyl halides is 1. The van der Waals surface area contributed by atoms with E-state index in [9.17, 15) is 4.39 Å². The molecule has 0 amide bonds. The van der Waals surface area contributed by atoms with Crippen molar-refractivity contribution in [3.63, 3.8) is 0 Å². The molecule has 0 fully saturated rings. The highest BCUT2D eigenvalue weighted by Gasteiger charge is 1.86. The Bertz CT molecular complexity index is 44.9. The molecule has 0 aromatic rings. The van der Waals surface area contributed by atoms with Gasteiger partial charge in [0.05, 0.1) is 0 Å². The number of hydrogen-bond acceptors (Lipinski definition) is 1. The van der Waals surface area contributed by atoms with Crippen molar-refractivity contribution in [2.45, 2.75) is 0 Å². The van der Waals surface area contributed by atoms with Gasteiger partial charge in [-0.15, -0.1) is 11.6 Å². The van der Waals surface area contributed by atoms with Crippen LogP contribution in [-0.2, 0) is 4.79 Å². The second-order valence-electron chi connectivity index (χ2n) is 0.489. The van der Waals surface area contributed by atoms with Crippen molar-refractivity contribution in [1.82, 2.24) is 0 Å². The van der Waals surface area contributed by atoms with E-state index in [0.29, 0.717) is 0 Å². The summed E-state index contributed by atoms with van der Waals surface area (Å²) in [7, 11) is 0. The maximum absolute atomic E-state index is 10.7. The minimum absolute atomic E-state index is 0.528. The lowest BCUT2D eigenvalue weighted by Gasteiger charge is -1.64. The van der Waals surface area contributed by atoms with E-state index in [0.717, 1.165) is 0 Å². The van der Waals surface area contributed by atoms with E-state index in [-0.39, 0.29) is 0 Å². The summed E-state index contributed by atoms with van der Waals surface area (Å²) in [5.41, 5.74) is 0. The van der Waals surface area contributed by atoms with Crippen molar-refractivity contribution in [1.29, 1.82) is 0 Å². The fraction of sp³-hybridized carbons (Fsp3) is 0.500. The predicted molar refractivity (Wildman–Crippen MR) is 16.8 cm³/mol. The van der Waals surface area contributed by atoms with Crippen molar-refractivity contribution in [2.75, 3.05) is 5.88 Å². The molecule has 3 heteroatoms. The molecule has 0 bridgehead atoms. The Morgan fingerprint density at radius 1 is 2.00 bits per heavy atom. The molecule has 0 saturated carbocycles. The van der Waals surface area contributed by atoms with E-state index in [1.54, 1.807) is 0 Å². The Kier molecular flexibility index (Phi) is 2.10. The normalized spacial score (nSPS) is 7.60. The summed E-state index contributed by atoms with van der Waals surface area (Å²) in [6.45, 7) is 0. The van der Waals surface area contributed by atoms with Gasteiger partial charge >= 0.3 is 6.04 Å². The molecule has 0 aromatic heterocycles. The Hall–Kier alpha value is -0.110. The van der Waals surface area contributed by atoms with Crippen LogP contribution in [0.25, 0.3) is 0 Å². The third-order valence-electron chi connectivity index (χ3n) is 0.105. The third kappa shape index (κ3) is 3.89. The second kappa shape index (κ2) is 2.15. The Labute approximate surface area is 33.7 Å². The zero-order chi connectivity index (χ0) is 4.28. The van der Waals surface area contributed by atoms with E-state index >= 15 is 0 Å². The Morgan fingerprint density at radius 3 is 2.20 bits per heavy atom. The van der Waals surface area contributed by atoms with Gasteiger partial charge in [-0.25, -0.2) is 0 Å². The summed E-state index contributed by atoms with van der Waals surface area (Å²) in [4.78, 5) is 9.01. The van der Waals surface area contributed by atoms with Gasteiger partial charge in [0.2, 0.25) is 0 Å². The molecule has 0 aromatic carbocycles. The monoisotopic (exact) mass is 96.0 g/mol. The molecular weight excluding hydrogens is 94.5 g/mol. The first-order chi connectivity index (χ1) is 2.27. The zero-order valence-electron chi connectivity index (χ0n) is 2.37. The van der Waals surface area contributed by atoms with Crippen LogP contribution in [-0.4, -0.2) is 11.9 Å². The molecule has 5 heavy (non-hydrogen) atoms. The molecule has 0 heterocycles. The number of halogens is 2. The van der Waals surface area contributed by atoms with Gasteiger partial charge in [0.15, 0.2) is 0 Å². The predicted octanol–water partition coefficient (Wildman–Crippen LogP) is 0.721. The fourth-order valence-electron chi connectivity index (χ4n) is 0.